The number of urea groups is 1. The number of carbonyl (C=O) groups is 1. The third-order valence-corrected chi connectivity index (χ3v) is 2.61. The van der Waals surface area contributed by atoms with Gasteiger partial charge in [0.25, 0.3) is 0 Å². The predicted octanol–water partition coefficient (Wildman–Crippen LogP) is 3.83. The van der Waals surface area contributed by atoms with Crippen LogP contribution >= 0.6 is 11.6 Å². The number of anilines is 2. The molecule has 3 N–H and O–H groups in total. The van der Waals surface area contributed by atoms with E-state index in [1.807, 2.05) is 0 Å². The van der Waals surface area contributed by atoms with Gasteiger partial charge in [0.2, 0.25) is 0 Å². The third-order valence-electron chi connectivity index (χ3n) is 2.29. The van der Waals surface area contributed by atoms with Crippen LogP contribution in [0.25, 0.3) is 0 Å². The molecule has 0 saturated carbocycles. The molecule has 0 atom stereocenters. The van der Waals surface area contributed by atoms with Gasteiger partial charge in [0.1, 0.15) is 11.6 Å². The highest BCUT2D eigenvalue weighted by Gasteiger charge is 2.05. The molecule has 98 valence electrons. The van der Waals surface area contributed by atoms with Crippen LogP contribution in [-0.4, -0.2) is 11.1 Å². The number of nitrogens with one attached hydrogen (secondary N) is 2. The Bertz CT molecular complexity index is 619. The SMILES string of the molecule is O=C(Nc1cccc(F)c1)Nc1ccc(Cl)c(O)c1. The first-order valence-electron chi connectivity index (χ1n) is 5.37. The molecule has 0 unspecified atom stereocenters. The van der Waals surface area contributed by atoms with Crippen LogP contribution in [0.15, 0.2) is 42.5 Å². The number of carbonyl (C=O) groups excluding carboxylic acids is 1. The van der Waals surface area contributed by atoms with Crippen molar-refractivity contribution in [2.45, 2.75) is 0 Å². The summed E-state index contributed by atoms with van der Waals surface area (Å²) >= 11 is 5.64. The fourth-order valence-corrected chi connectivity index (χ4v) is 1.57. The van der Waals surface area contributed by atoms with Crippen molar-refractivity contribution in [3.05, 3.63) is 53.3 Å². The molecular weight excluding hydrogens is 271 g/mol. The highest BCUT2D eigenvalue weighted by atomic mass is 35.5. The zero-order valence-electron chi connectivity index (χ0n) is 9.65. The average molecular weight is 281 g/mol. The Labute approximate surface area is 113 Å². The summed E-state index contributed by atoms with van der Waals surface area (Å²) in [6.45, 7) is 0. The predicted molar refractivity (Wildman–Crippen MR) is 72.2 cm³/mol. The standard InChI is InChI=1S/C13H10ClFN2O2/c14-11-5-4-10(7-12(11)18)17-13(19)16-9-3-1-2-8(15)6-9/h1-7,18H,(H2,16,17,19). The fourth-order valence-electron chi connectivity index (χ4n) is 1.45. The van der Waals surface area contributed by atoms with Crippen molar-refractivity contribution >= 4 is 29.0 Å². The van der Waals surface area contributed by atoms with Crippen molar-refractivity contribution in [3.63, 3.8) is 0 Å². The first kappa shape index (κ1) is 13.2. The van der Waals surface area contributed by atoms with Crippen LogP contribution in [0, 0.1) is 5.82 Å². The van der Waals surface area contributed by atoms with Crippen LogP contribution in [0.5, 0.6) is 5.75 Å². The van der Waals surface area contributed by atoms with E-state index in [1.54, 1.807) is 6.07 Å². The Morgan fingerprint density at radius 1 is 1.11 bits per heavy atom. The second-order valence-electron chi connectivity index (χ2n) is 3.76. The van der Waals surface area contributed by atoms with Gasteiger partial charge in [-0.3, -0.25) is 0 Å². The van der Waals surface area contributed by atoms with E-state index < -0.39 is 11.8 Å². The average Bonchev–Trinajstić information content (AvgIpc) is 2.34. The number of hydrogen-bond acceptors (Lipinski definition) is 2. The van der Waals surface area contributed by atoms with Gasteiger partial charge in [-0.05, 0) is 30.3 Å². The summed E-state index contributed by atoms with van der Waals surface area (Å²) in [6.07, 6.45) is 0. The van der Waals surface area contributed by atoms with Gasteiger partial charge in [0.15, 0.2) is 0 Å². The van der Waals surface area contributed by atoms with Crippen LogP contribution < -0.4 is 10.6 Å². The molecule has 19 heavy (non-hydrogen) atoms. The number of hydrogen-bond donors (Lipinski definition) is 3. The number of benzene rings is 2. The number of aromatic hydroxyl groups is 1. The molecular formula is C13H10ClFN2O2. The third kappa shape index (κ3) is 3.59. The molecule has 0 bridgehead atoms. The lowest BCUT2D eigenvalue weighted by molar-refractivity contribution is 0.262. The van der Waals surface area contributed by atoms with E-state index in [1.165, 1.54) is 36.4 Å². The molecule has 2 amide bonds. The smallest absolute Gasteiger partial charge is 0.323 e. The molecule has 4 nitrogen and oxygen atoms in total. The van der Waals surface area contributed by atoms with Crippen LogP contribution in [0.1, 0.15) is 0 Å². The minimum absolute atomic E-state index is 0.134. The van der Waals surface area contributed by atoms with E-state index in [0.29, 0.717) is 11.4 Å². The minimum atomic E-state index is -0.549. The van der Waals surface area contributed by atoms with Gasteiger partial charge in [0, 0.05) is 17.4 Å². The van der Waals surface area contributed by atoms with Crippen LogP contribution in [0.3, 0.4) is 0 Å². The molecule has 2 rings (SSSR count). The van der Waals surface area contributed by atoms with Crippen molar-refractivity contribution in [3.8, 4) is 5.75 Å². The summed E-state index contributed by atoms with van der Waals surface area (Å²) in [5.41, 5.74) is 0.700. The zero-order chi connectivity index (χ0) is 13.8. The lowest BCUT2D eigenvalue weighted by Gasteiger charge is -2.08. The molecule has 6 heteroatoms. The first-order chi connectivity index (χ1) is 9.04. The van der Waals surface area contributed by atoms with Crippen molar-refractivity contribution in [2.75, 3.05) is 10.6 Å². The van der Waals surface area contributed by atoms with E-state index >= 15 is 0 Å². The van der Waals surface area contributed by atoms with Gasteiger partial charge in [-0.1, -0.05) is 17.7 Å². The van der Waals surface area contributed by atoms with Crippen LogP contribution in [0.2, 0.25) is 5.02 Å². The normalized spacial score (nSPS) is 10.0. The van der Waals surface area contributed by atoms with Gasteiger partial charge in [0.05, 0.1) is 5.02 Å². The summed E-state index contributed by atoms with van der Waals surface area (Å²) in [5, 5.41) is 14.5. The highest BCUT2D eigenvalue weighted by molar-refractivity contribution is 6.32. The number of halogens is 2. The number of rotatable bonds is 2. The summed E-state index contributed by atoms with van der Waals surface area (Å²) in [4.78, 5) is 11.6. The molecule has 0 spiro atoms. The molecule has 0 aromatic heterocycles. The minimum Gasteiger partial charge on any atom is -0.506 e. The Hall–Kier alpha value is -2.27. The summed E-state index contributed by atoms with van der Waals surface area (Å²) in [6, 6.07) is 9.27. The van der Waals surface area contributed by atoms with E-state index in [-0.39, 0.29) is 10.8 Å². The van der Waals surface area contributed by atoms with E-state index in [9.17, 15) is 14.3 Å². The zero-order valence-corrected chi connectivity index (χ0v) is 10.4. The lowest BCUT2D eigenvalue weighted by atomic mass is 10.3. The van der Waals surface area contributed by atoms with Crippen molar-refractivity contribution < 1.29 is 14.3 Å². The molecule has 0 aliphatic heterocycles. The van der Waals surface area contributed by atoms with Gasteiger partial charge in [-0.2, -0.15) is 0 Å². The second-order valence-corrected chi connectivity index (χ2v) is 4.16. The topological polar surface area (TPSA) is 61.4 Å². The first-order valence-corrected chi connectivity index (χ1v) is 5.74. The van der Waals surface area contributed by atoms with Gasteiger partial charge in [-0.15, -0.1) is 0 Å². The Morgan fingerprint density at radius 2 is 1.79 bits per heavy atom. The summed E-state index contributed by atoms with van der Waals surface area (Å²) < 4.78 is 12.9. The van der Waals surface area contributed by atoms with Crippen molar-refractivity contribution in [2.24, 2.45) is 0 Å². The molecule has 0 saturated heterocycles. The summed E-state index contributed by atoms with van der Waals surface area (Å²) in [5.74, 6) is -0.577. The molecule has 0 radical (unpaired) electrons. The van der Waals surface area contributed by atoms with E-state index in [0.717, 1.165) is 0 Å². The highest BCUT2D eigenvalue weighted by Crippen LogP contribution is 2.26. The fraction of sp³-hybridized carbons (Fsp3) is 0. The van der Waals surface area contributed by atoms with Crippen LogP contribution in [-0.2, 0) is 0 Å². The van der Waals surface area contributed by atoms with Gasteiger partial charge >= 0.3 is 6.03 Å². The molecule has 0 heterocycles. The van der Waals surface area contributed by atoms with Gasteiger partial charge < -0.3 is 15.7 Å². The number of phenols is 1. The molecule has 0 aliphatic carbocycles. The maximum absolute atomic E-state index is 12.9. The van der Waals surface area contributed by atoms with Crippen molar-refractivity contribution in [1.82, 2.24) is 0 Å². The number of phenolic OH excluding ortho intramolecular Hbond substituents is 1. The summed E-state index contributed by atoms with van der Waals surface area (Å²) in [7, 11) is 0. The van der Waals surface area contributed by atoms with E-state index in [2.05, 4.69) is 10.6 Å². The molecule has 2 aromatic rings. The molecule has 0 aliphatic rings. The van der Waals surface area contributed by atoms with E-state index in [4.69, 9.17) is 11.6 Å². The van der Waals surface area contributed by atoms with Crippen molar-refractivity contribution in [1.29, 1.82) is 0 Å². The maximum atomic E-state index is 12.9. The second kappa shape index (κ2) is 5.58. The lowest BCUT2D eigenvalue weighted by Crippen LogP contribution is -2.19. The Kier molecular flexibility index (Phi) is 3.87. The van der Waals surface area contributed by atoms with Crippen LogP contribution in [0.4, 0.5) is 20.6 Å². The Morgan fingerprint density at radius 3 is 2.42 bits per heavy atom. The molecule has 2 aromatic carbocycles. The largest absolute Gasteiger partial charge is 0.506 e. The Balaban J connectivity index is 2.03. The number of amides is 2. The van der Waals surface area contributed by atoms with Gasteiger partial charge in [-0.25, -0.2) is 9.18 Å². The maximum Gasteiger partial charge on any atom is 0.323 e. The monoisotopic (exact) mass is 280 g/mol. The molecule has 0 fully saturated rings. The quantitative estimate of drug-likeness (QED) is 0.783.